The molecule has 2 aliphatic heterocycles. The first-order chi connectivity index (χ1) is 15.6. The maximum absolute atomic E-state index is 13.1. The van der Waals surface area contributed by atoms with E-state index in [1.54, 1.807) is 16.7 Å². The van der Waals surface area contributed by atoms with Crippen molar-refractivity contribution in [2.45, 2.75) is 23.3 Å². The van der Waals surface area contributed by atoms with Gasteiger partial charge in [0, 0.05) is 28.6 Å². The van der Waals surface area contributed by atoms with Crippen LogP contribution in [0.25, 0.3) is 0 Å². The summed E-state index contributed by atoms with van der Waals surface area (Å²) in [5.74, 6) is 1.34. The van der Waals surface area contributed by atoms with E-state index in [9.17, 15) is 9.59 Å². The van der Waals surface area contributed by atoms with Crippen LogP contribution in [0, 0.1) is 0 Å². The number of ether oxygens (including phenoxy) is 2. The summed E-state index contributed by atoms with van der Waals surface area (Å²) in [5, 5.41) is 5.71. The molecule has 0 fully saturated rings. The molecule has 0 spiro atoms. The highest BCUT2D eigenvalue weighted by Gasteiger charge is 2.26. The van der Waals surface area contributed by atoms with Crippen LogP contribution in [0.4, 0.5) is 16.2 Å². The molecule has 2 N–H and O–H groups in total. The van der Waals surface area contributed by atoms with Crippen molar-refractivity contribution >= 4 is 35.1 Å². The number of benzene rings is 3. The molecule has 3 amide bonds. The molecule has 0 radical (unpaired) electrons. The normalized spacial score (nSPS) is 13.8. The van der Waals surface area contributed by atoms with Crippen molar-refractivity contribution in [3.05, 3.63) is 71.8 Å². The van der Waals surface area contributed by atoms with Crippen LogP contribution in [-0.2, 0) is 6.54 Å². The number of urea groups is 1. The summed E-state index contributed by atoms with van der Waals surface area (Å²) in [6, 6.07) is 18.5. The topological polar surface area (TPSA) is 79.9 Å². The number of carbonyl (C=O) groups is 2. The highest BCUT2D eigenvalue weighted by Crippen LogP contribution is 2.42. The Morgan fingerprint density at radius 1 is 1.03 bits per heavy atom. The Labute approximate surface area is 189 Å². The molecule has 0 saturated heterocycles. The maximum Gasteiger partial charge on any atom is 0.319 e. The molecular weight excluding hydrogens is 426 g/mol. The van der Waals surface area contributed by atoms with E-state index >= 15 is 0 Å². The summed E-state index contributed by atoms with van der Waals surface area (Å²) >= 11 is 1.56. The third-order valence-electron chi connectivity index (χ3n) is 5.30. The standard InChI is InChI=1S/C24H21N3O4S/c1-2-27-18-12-16(8-10-22(18)32-21-6-4-3-5-17(21)23(27)28)26-24(29)25-13-15-7-9-19-20(11-15)31-14-30-19/h3-12H,2,13-14H2,1H3,(H2,25,26,29). The summed E-state index contributed by atoms with van der Waals surface area (Å²) < 4.78 is 10.7. The van der Waals surface area contributed by atoms with Crippen molar-refractivity contribution in [1.82, 2.24) is 5.32 Å². The number of anilines is 2. The third-order valence-corrected chi connectivity index (χ3v) is 6.44. The zero-order valence-corrected chi connectivity index (χ0v) is 18.2. The van der Waals surface area contributed by atoms with Crippen LogP contribution in [0.3, 0.4) is 0 Å². The lowest BCUT2D eigenvalue weighted by Crippen LogP contribution is -2.31. The molecule has 8 heteroatoms. The molecule has 7 nitrogen and oxygen atoms in total. The van der Waals surface area contributed by atoms with Crippen LogP contribution in [0.15, 0.2) is 70.5 Å². The van der Waals surface area contributed by atoms with E-state index in [0.717, 1.165) is 21.0 Å². The van der Waals surface area contributed by atoms with E-state index in [2.05, 4.69) is 10.6 Å². The molecule has 0 unspecified atom stereocenters. The molecule has 0 saturated carbocycles. The number of rotatable bonds is 4. The number of amides is 3. The molecule has 2 heterocycles. The Morgan fingerprint density at radius 3 is 2.75 bits per heavy atom. The fraction of sp³-hybridized carbons (Fsp3) is 0.167. The third kappa shape index (κ3) is 3.85. The van der Waals surface area contributed by atoms with Gasteiger partial charge in [-0.25, -0.2) is 4.79 Å². The molecule has 5 rings (SSSR count). The number of nitrogens with one attached hydrogen (secondary N) is 2. The molecule has 32 heavy (non-hydrogen) atoms. The molecular formula is C24H21N3O4S. The molecule has 3 aromatic carbocycles. The average molecular weight is 448 g/mol. The van der Waals surface area contributed by atoms with Crippen LogP contribution in [0.5, 0.6) is 11.5 Å². The van der Waals surface area contributed by atoms with E-state index in [0.29, 0.717) is 35.8 Å². The number of hydrogen-bond donors (Lipinski definition) is 2. The fourth-order valence-electron chi connectivity index (χ4n) is 3.72. The molecule has 0 atom stereocenters. The molecule has 0 bridgehead atoms. The van der Waals surface area contributed by atoms with Crippen molar-refractivity contribution in [1.29, 1.82) is 0 Å². The van der Waals surface area contributed by atoms with Gasteiger partial charge in [0.05, 0.1) is 11.3 Å². The monoisotopic (exact) mass is 447 g/mol. The average Bonchev–Trinajstić information content (AvgIpc) is 3.23. The van der Waals surface area contributed by atoms with Crippen molar-refractivity contribution in [3.63, 3.8) is 0 Å². The Bertz CT molecular complexity index is 1210. The summed E-state index contributed by atoms with van der Waals surface area (Å²) in [5.41, 5.74) is 2.99. The largest absolute Gasteiger partial charge is 0.454 e. The first kappa shape index (κ1) is 20.3. The fourth-order valence-corrected chi connectivity index (χ4v) is 4.78. The highest BCUT2D eigenvalue weighted by atomic mass is 32.2. The minimum Gasteiger partial charge on any atom is -0.454 e. The second-order valence-corrected chi connectivity index (χ2v) is 8.41. The predicted octanol–water partition coefficient (Wildman–Crippen LogP) is 4.87. The first-order valence-electron chi connectivity index (χ1n) is 10.3. The van der Waals surface area contributed by atoms with E-state index in [1.165, 1.54) is 0 Å². The molecule has 0 aliphatic carbocycles. The molecule has 2 aliphatic rings. The molecule has 162 valence electrons. The zero-order valence-electron chi connectivity index (χ0n) is 17.4. The van der Waals surface area contributed by atoms with Crippen LogP contribution < -0.4 is 25.0 Å². The predicted molar refractivity (Wildman–Crippen MR) is 123 cm³/mol. The summed E-state index contributed by atoms with van der Waals surface area (Å²) in [7, 11) is 0. The van der Waals surface area contributed by atoms with Crippen molar-refractivity contribution in [2.75, 3.05) is 23.6 Å². The minimum absolute atomic E-state index is 0.0428. The Kier molecular flexibility index (Phi) is 5.36. The quantitative estimate of drug-likeness (QED) is 0.597. The van der Waals surface area contributed by atoms with Gasteiger partial charge in [0.2, 0.25) is 6.79 Å². The summed E-state index contributed by atoms with van der Waals surface area (Å²) in [4.78, 5) is 29.2. The van der Waals surface area contributed by atoms with Gasteiger partial charge in [0.15, 0.2) is 11.5 Å². The van der Waals surface area contributed by atoms with Gasteiger partial charge in [0.25, 0.3) is 5.91 Å². The van der Waals surface area contributed by atoms with Crippen molar-refractivity contribution < 1.29 is 19.1 Å². The van der Waals surface area contributed by atoms with Gasteiger partial charge in [-0.3, -0.25) is 4.79 Å². The second-order valence-electron chi connectivity index (χ2n) is 7.33. The molecule has 3 aromatic rings. The van der Waals surface area contributed by atoms with Crippen LogP contribution in [0.2, 0.25) is 0 Å². The van der Waals surface area contributed by atoms with Crippen molar-refractivity contribution in [3.8, 4) is 11.5 Å². The van der Waals surface area contributed by atoms with Crippen LogP contribution in [0.1, 0.15) is 22.8 Å². The van der Waals surface area contributed by atoms with Crippen LogP contribution >= 0.6 is 11.8 Å². The summed E-state index contributed by atoms with van der Waals surface area (Å²) in [6.45, 7) is 3.03. The van der Waals surface area contributed by atoms with Gasteiger partial charge in [-0.05, 0) is 55.0 Å². The lowest BCUT2D eigenvalue weighted by molar-refractivity contribution is 0.0985. The van der Waals surface area contributed by atoms with E-state index in [4.69, 9.17) is 9.47 Å². The van der Waals surface area contributed by atoms with Gasteiger partial charge < -0.3 is 25.0 Å². The first-order valence-corrected chi connectivity index (χ1v) is 11.1. The Balaban J connectivity index is 1.31. The number of fused-ring (bicyclic) bond motifs is 3. The van der Waals surface area contributed by atoms with Gasteiger partial charge in [0.1, 0.15) is 0 Å². The van der Waals surface area contributed by atoms with E-state index in [1.807, 2.05) is 67.6 Å². The Morgan fingerprint density at radius 2 is 1.88 bits per heavy atom. The second kappa shape index (κ2) is 8.47. The lowest BCUT2D eigenvalue weighted by atomic mass is 10.1. The Hall–Kier alpha value is -3.65. The smallest absolute Gasteiger partial charge is 0.319 e. The lowest BCUT2D eigenvalue weighted by Gasteiger charge is -2.22. The minimum atomic E-state index is -0.332. The van der Waals surface area contributed by atoms with Crippen LogP contribution in [-0.4, -0.2) is 25.3 Å². The van der Waals surface area contributed by atoms with E-state index in [-0.39, 0.29) is 18.7 Å². The van der Waals surface area contributed by atoms with Gasteiger partial charge in [-0.15, -0.1) is 0 Å². The van der Waals surface area contributed by atoms with Gasteiger partial charge in [-0.2, -0.15) is 0 Å². The highest BCUT2D eigenvalue weighted by molar-refractivity contribution is 7.99. The molecule has 0 aromatic heterocycles. The van der Waals surface area contributed by atoms with E-state index < -0.39 is 0 Å². The summed E-state index contributed by atoms with van der Waals surface area (Å²) in [6.07, 6.45) is 0. The van der Waals surface area contributed by atoms with Gasteiger partial charge in [-0.1, -0.05) is 30.0 Å². The zero-order chi connectivity index (χ0) is 22.1. The number of nitrogens with zero attached hydrogens (tertiary/aromatic N) is 1. The van der Waals surface area contributed by atoms with Gasteiger partial charge >= 0.3 is 6.03 Å². The maximum atomic E-state index is 13.1. The number of hydrogen-bond acceptors (Lipinski definition) is 5. The number of carbonyl (C=O) groups excluding carboxylic acids is 2. The van der Waals surface area contributed by atoms with Crippen molar-refractivity contribution in [2.24, 2.45) is 0 Å². The SMILES string of the molecule is CCN1C(=O)c2ccccc2Sc2ccc(NC(=O)NCc3ccc4c(c3)OCO4)cc21.